The van der Waals surface area contributed by atoms with Gasteiger partial charge in [-0.05, 0) is 30.7 Å². The zero-order valence-corrected chi connectivity index (χ0v) is 6.49. The highest BCUT2D eigenvalue weighted by atomic mass is 19.1. The Morgan fingerprint density at radius 1 is 1.42 bits per heavy atom. The summed E-state index contributed by atoms with van der Waals surface area (Å²) in [5.41, 5.74) is 0.396. The van der Waals surface area contributed by atoms with Gasteiger partial charge < -0.3 is 14.7 Å². The molecule has 1 aromatic rings. The number of halogens is 1. The third-order valence-electron chi connectivity index (χ3n) is 1.37. The molecule has 0 radical (unpaired) electrons. The molecule has 0 unspecified atom stereocenters. The molecule has 64 valence electrons. The van der Waals surface area contributed by atoms with E-state index in [1.165, 1.54) is 18.2 Å². The molecule has 0 amide bonds. The van der Waals surface area contributed by atoms with Crippen molar-refractivity contribution in [2.45, 2.75) is 6.92 Å². The first-order valence-electron chi connectivity index (χ1n) is 3.38. The van der Waals surface area contributed by atoms with Crippen LogP contribution in [0.15, 0.2) is 18.2 Å². The van der Waals surface area contributed by atoms with Crippen molar-refractivity contribution in [2.24, 2.45) is 0 Å². The molecule has 0 aliphatic carbocycles. The van der Waals surface area contributed by atoms with E-state index in [1.807, 2.05) is 0 Å². The van der Waals surface area contributed by atoms with Crippen molar-refractivity contribution in [3.8, 4) is 5.75 Å². The maximum absolute atomic E-state index is 12.7. The summed E-state index contributed by atoms with van der Waals surface area (Å²) in [5, 5.41) is 16.8. The molecule has 0 fully saturated rings. The third-order valence-corrected chi connectivity index (χ3v) is 1.37. The van der Waals surface area contributed by atoms with Gasteiger partial charge in [-0.1, -0.05) is 0 Å². The van der Waals surface area contributed by atoms with E-state index in [9.17, 15) is 4.39 Å². The third kappa shape index (κ3) is 2.22. The van der Waals surface area contributed by atoms with Gasteiger partial charge in [0, 0.05) is 0 Å². The predicted molar refractivity (Wildman–Crippen MR) is 42.0 cm³/mol. The summed E-state index contributed by atoms with van der Waals surface area (Å²) < 4.78 is 17.2. The summed E-state index contributed by atoms with van der Waals surface area (Å²) in [6.07, 6.45) is 0. The predicted octanol–water partition coefficient (Wildman–Crippen LogP) is 0.482. The quantitative estimate of drug-likeness (QED) is 0.634. The molecule has 0 spiro atoms. The van der Waals surface area contributed by atoms with Crippen molar-refractivity contribution in [1.29, 1.82) is 0 Å². The Bertz CT molecular complexity index is 277. The fourth-order valence-electron chi connectivity index (χ4n) is 0.812. The first-order valence-corrected chi connectivity index (χ1v) is 3.38. The van der Waals surface area contributed by atoms with Gasteiger partial charge in [0.2, 0.25) is 0 Å². The molecular weight excluding hydrogens is 162 g/mol. The number of aryl methyl sites for hydroxylation is 1. The normalized spacial score (nSPS) is 9.67. The van der Waals surface area contributed by atoms with Crippen LogP contribution in [0.1, 0.15) is 5.56 Å². The van der Waals surface area contributed by atoms with Gasteiger partial charge in [-0.2, -0.15) is 0 Å². The highest BCUT2D eigenvalue weighted by Gasteiger charge is 2.11. The Morgan fingerprint density at radius 3 is 2.58 bits per heavy atom. The Hall–Kier alpha value is -1.07. The monoisotopic (exact) mass is 170 g/mol. The number of hydrogen-bond donors (Lipinski definition) is 2. The van der Waals surface area contributed by atoms with Crippen molar-refractivity contribution in [3.05, 3.63) is 29.6 Å². The fourth-order valence-corrected chi connectivity index (χ4v) is 0.812. The second-order valence-electron chi connectivity index (χ2n) is 2.36. The summed E-state index contributed by atoms with van der Waals surface area (Å²) in [7, 11) is -1.87. The summed E-state index contributed by atoms with van der Waals surface area (Å²) in [6, 6.07) is 3.91. The standard InChI is InChI=1S/C7H8BFO3/c1-5-4-6(12-8(10)11)2-3-7(5)9/h2-4,10-11H,1H3. The maximum atomic E-state index is 12.7. The molecule has 0 aromatic heterocycles. The second kappa shape index (κ2) is 3.56. The molecule has 3 nitrogen and oxygen atoms in total. The first-order chi connectivity index (χ1) is 5.59. The molecule has 0 heterocycles. The van der Waals surface area contributed by atoms with E-state index in [0.29, 0.717) is 5.56 Å². The van der Waals surface area contributed by atoms with Crippen LogP contribution in [0.3, 0.4) is 0 Å². The lowest BCUT2D eigenvalue weighted by Gasteiger charge is -2.04. The summed E-state index contributed by atoms with van der Waals surface area (Å²) >= 11 is 0. The summed E-state index contributed by atoms with van der Waals surface area (Å²) in [6.45, 7) is 1.56. The minimum absolute atomic E-state index is 0.226. The Morgan fingerprint density at radius 2 is 2.08 bits per heavy atom. The molecule has 0 atom stereocenters. The zero-order chi connectivity index (χ0) is 9.14. The first kappa shape index (κ1) is 9.03. The fraction of sp³-hybridized carbons (Fsp3) is 0.143. The maximum Gasteiger partial charge on any atom is 0.707 e. The molecule has 1 rings (SSSR count). The largest absolute Gasteiger partial charge is 0.707 e. The molecular formula is C7H8BFO3. The molecule has 1 aromatic carbocycles. The van der Waals surface area contributed by atoms with Crippen LogP contribution in [0.5, 0.6) is 5.75 Å². The van der Waals surface area contributed by atoms with E-state index >= 15 is 0 Å². The zero-order valence-electron chi connectivity index (χ0n) is 6.49. The van der Waals surface area contributed by atoms with E-state index in [4.69, 9.17) is 10.0 Å². The molecule has 0 aliphatic rings. The van der Waals surface area contributed by atoms with Gasteiger partial charge >= 0.3 is 7.32 Å². The lowest BCUT2D eigenvalue weighted by Crippen LogP contribution is -2.20. The van der Waals surface area contributed by atoms with Crippen LogP contribution in [0.2, 0.25) is 0 Å². The van der Waals surface area contributed by atoms with E-state index in [2.05, 4.69) is 4.65 Å². The van der Waals surface area contributed by atoms with Crippen LogP contribution in [0.25, 0.3) is 0 Å². The minimum Gasteiger partial charge on any atom is -0.512 e. The number of hydrogen-bond acceptors (Lipinski definition) is 3. The van der Waals surface area contributed by atoms with Crippen molar-refractivity contribution in [3.63, 3.8) is 0 Å². The van der Waals surface area contributed by atoms with Crippen LogP contribution in [-0.2, 0) is 0 Å². The van der Waals surface area contributed by atoms with E-state index in [1.54, 1.807) is 6.92 Å². The van der Waals surface area contributed by atoms with Crippen LogP contribution in [0.4, 0.5) is 4.39 Å². The Labute approximate surface area is 69.6 Å². The number of rotatable bonds is 2. The van der Waals surface area contributed by atoms with Crippen LogP contribution < -0.4 is 4.65 Å². The molecule has 0 bridgehead atoms. The van der Waals surface area contributed by atoms with Crippen molar-refractivity contribution in [2.75, 3.05) is 0 Å². The van der Waals surface area contributed by atoms with Crippen LogP contribution in [-0.4, -0.2) is 17.4 Å². The highest BCUT2D eigenvalue weighted by Crippen LogP contribution is 2.15. The van der Waals surface area contributed by atoms with Crippen molar-refractivity contribution < 1.29 is 19.1 Å². The van der Waals surface area contributed by atoms with Gasteiger partial charge in [-0.3, -0.25) is 0 Å². The smallest absolute Gasteiger partial charge is 0.512 e. The lowest BCUT2D eigenvalue weighted by atomic mass is 10.2. The molecule has 2 N–H and O–H groups in total. The summed E-state index contributed by atoms with van der Waals surface area (Å²) in [5.74, 6) is -0.126. The van der Waals surface area contributed by atoms with Gasteiger partial charge in [0.05, 0.1) is 0 Å². The molecule has 5 heteroatoms. The molecule has 0 saturated carbocycles. The topological polar surface area (TPSA) is 49.7 Å². The SMILES string of the molecule is Cc1cc(OB(O)O)ccc1F. The molecule has 0 saturated heterocycles. The summed E-state index contributed by atoms with van der Waals surface area (Å²) in [4.78, 5) is 0. The van der Waals surface area contributed by atoms with Crippen molar-refractivity contribution in [1.82, 2.24) is 0 Å². The van der Waals surface area contributed by atoms with Gasteiger partial charge in [0.15, 0.2) is 0 Å². The Kier molecular flexibility index (Phi) is 2.67. The van der Waals surface area contributed by atoms with Gasteiger partial charge in [0.25, 0.3) is 0 Å². The highest BCUT2D eigenvalue weighted by molar-refractivity contribution is 6.33. The van der Waals surface area contributed by atoms with Crippen LogP contribution in [0, 0.1) is 12.7 Å². The van der Waals surface area contributed by atoms with Gasteiger partial charge in [0.1, 0.15) is 11.6 Å². The van der Waals surface area contributed by atoms with E-state index in [-0.39, 0.29) is 11.6 Å². The van der Waals surface area contributed by atoms with Crippen LogP contribution >= 0.6 is 0 Å². The number of benzene rings is 1. The van der Waals surface area contributed by atoms with Crippen molar-refractivity contribution >= 4 is 7.32 Å². The van der Waals surface area contributed by atoms with E-state index < -0.39 is 7.32 Å². The minimum atomic E-state index is -1.87. The van der Waals surface area contributed by atoms with E-state index in [0.717, 1.165) is 0 Å². The van der Waals surface area contributed by atoms with Gasteiger partial charge in [-0.15, -0.1) is 0 Å². The lowest BCUT2D eigenvalue weighted by molar-refractivity contribution is 0.288. The average molecular weight is 170 g/mol. The average Bonchev–Trinajstić information content (AvgIpc) is 1.96. The second-order valence-corrected chi connectivity index (χ2v) is 2.36. The van der Waals surface area contributed by atoms with Gasteiger partial charge in [-0.25, -0.2) is 4.39 Å². The molecule has 12 heavy (non-hydrogen) atoms. The Balaban J connectivity index is 2.82. The molecule has 0 aliphatic heterocycles.